The van der Waals surface area contributed by atoms with Gasteiger partial charge in [0.2, 0.25) is 0 Å². The summed E-state index contributed by atoms with van der Waals surface area (Å²) in [5, 5.41) is 17.5. The first-order chi connectivity index (χ1) is 5.04. The summed E-state index contributed by atoms with van der Waals surface area (Å²) in [4.78, 5) is 0. The van der Waals surface area contributed by atoms with Crippen molar-refractivity contribution in [2.45, 2.75) is 6.92 Å². The summed E-state index contributed by atoms with van der Waals surface area (Å²) < 4.78 is 25.0. The fourth-order valence-electron chi connectivity index (χ4n) is 0.692. The van der Waals surface area contributed by atoms with Crippen molar-refractivity contribution in [1.29, 1.82) is 0 Å². The number of phenols is 2. The molecule has 0 fully saturated rings. The van der Waals surface area contributed by atoms with Gasteiger partial charge < -0.3 is 10.2 Å². The Morgan fingerprint density at radius 3 is 2.36 bits per heavy atom. The van der Waals surface area contributed by atoms with Crippen LogP contribution < -0.4 is 0 Å². The van der Waals surface area contributed by atoms with Crippen LogP contribution in [0.3, 0.4) is 0 Å². The molecule has 0 spiro atoms. The van der Waals surface area contributed by atoms with Crippen molar-refractivity contribution in [2.24, 2.45) is 0 Å². The highest BCUT2D eigenvalue weighted by molar-refractivity contribution is 5.40. The molecular formula is C7H6F2O2. The van der Waals surface area contributed by atoms with Gasteiger partial charge in [0, 0.05) is 11.6 Å². The number of hydrogen-bond donors (Lipinski definition) is 2. The normalized spacial score (nSPS) is 10.1. The molecule has 0 amide bonds. The van der Waals surface area contributed by atoms with Crippen LogP contribution >= 0.6 is 0 Å². The topological polar surface area (TPSA) is 40.5 Å². The first kappa shape index (κ1) is 7.78. The number of phenolic OH excluding ortho intramolecular Hbond substituents is 2. The van der Waals surface area contributed by atoms with E-state index in [1.54, 1.807) is 0 Å². The van der Waals surface area contributed by atoms with Crippen LogP contribution in [0.4, 0.5) is 8.78 Å². The van der Waals surface area contributed by atoms with Crippen molar-refractivity contribution >= 4 is 0 Å². The minimum absolute atomic E-state index is 0.163. The van der Waals surface area contributed by atoms with Crippen LogP contribution in [0.15, 0.2) is 6.07 Å². The van der Waals surface area contributed by atoms with E-state index >= 15 is 0 Å². The molecule has 0 bridgehead atoms. The molecule has 0 saturated heterocycles. The van der Waals surface area contributed by atoms with Crippen molar-refractivity contribution in [3.05, 3.63) is 23.3 Å². The molecule has 4 heteroatoms. The van der Waals surface area contributed by atoms with E-state index in [2.05, 4.69) is 0 Å². The van der Waals surface area contributed by atoms with E-state index < -0.39 is 23.1 Å². The Morgan fingerprint density at radius 2 is 1.82 bits per heavy atom. The molecule has 2 N–H and O–H groups in total. The molecule has 0 atom stereocenters. The van der Waals surface area contributed by atoms with E-state index in [0.717, 1.165) is 0 Å². The molecule has 0 heterocycles. The van der Waals surface area contributed by atoms with Gasteiger partial charge in [0.1, 0.15) is 5.75 Å². The maximum absolute atomic E-state index is 12.6. The monoisotopic (exact) mass is 160 g/mol. The second kappa shape index (κ2) is 2.38. The Balaban J connectivity index is 3.46. The Kier molecular flexibility index (Phi) is 1.68. The number of benzene rings is 1. The summed E-state index contributed by atoms with van der Waals surface area (Å²) in [7, 11) is 0. The minimum atomic E-state index is -1.16. The lowest BCUT2D eigenvalue weighted by Gasteiger charge is -2.02. The number of rotatable bonds is 0. The molecule has 1 aromatic carbocycles. The molecule has 2 nitrogen and oxygen atoms in total. The summed E-state index contributed by atoms with van der Waals surface area (Å²) in [6.45, 7) is 1.24. The highest BCUT2D eigenvalue weighted by atomic mass is 19.1. The Morgan fingerprint density at radius 1 is 1.27 bits per heavy atom. The zero-order valence-electron chi connectivity index (χ0n) is 5.73. The summed E-state index contributed by atoms with van der Waals surface area (Å²) in [5.74, 6) is -3.84. The molecule has 0 aromatic heterocycles. The fourth-order valence-corrected chi connectivity index (χ4v) is 0.692. The highest BCUT2D eigenvalue weighted by Gasteiger charge is 2.13. The maximum Gasteiger partial charge on any atom is 0.188 e. The van der Waals surface area contributed by atoms with E-state index in [4.69, 9.17) is 10.2 Å². The number of aromatic hydroxyl groups is 2. The van der Waals surface area contributed by atoms with Crippen LogP contribution in [0.5, 0.6) is 11.5 Å². The molecule has 0 aliphatic heterocycles. The van der Waals surface area contributed by atoms with Crippen molar-refractivity contribution in [2.75, 3.05) is 0 Å². The lowest BCUT2D eigenvalue weighted by molar-refractivity contribution is 0.382. The molecule has 0 aliphatic rings. The zero-order valence-corrected chi connectivity index (χ0v) is 5.73. The van der Waals surface area contributed by atoms with Gasteiger partial charge in [-0.05, 0) is 6.92 Å². The average molecular weight is 160 g/mol. The number of hydrogen-bond acceptors (Lipinski definition) is 2. The Labute approximate surface area is 61.7 Å². The van der Waals surface area contributed by atoms with Crippen LogP contribution in [0, 0.1) is 18.6 Å². The lowest BCUT2D eigenvalue weighted by Crippen LogP contribution is -1.87. The largest absolute Gasteiger partial charge is 0.507 e. The molecule has 11 heavy (non-hydrogen) atoms. The van der Waals surface area contributed by atoms with Crippen LogP contribution in [-0.4, -0.2) is 10.2 Å². The minimum Gasteiger partial charge on any atom is -0.507 e. The molecule has 1 rings (SSSR count). The maximum atomic E-state index is 12.6. The summed E-state index contributed by atoms with van der Waals surface area (Å²) in [6.07, 6.45) is 0. The summed E-state index contributed by atoms with van der Waals surface area (Å²) in [6, 6.07) is 0.660. The smallest absolute Gasteiger partial charge is 0.188 e. The van der Waals surface area contributed by atoms with Gasteiger partial charge in [0.25, 0.3) is 0 Å². The SMILES string of the molecule is Cc1c(O)cc(F)c(O)c1F. The first-order valence-electron chi connectivity index (χ1n) is 2.90. The quantitative estimate of drug-likeness (QED) is 0.567. The third-order valence-electron chi connectivity index (χ3n) is 1.41. The van der Waals surface area contributed by atoms with Crippen LogP contribution in [0.1, 0.15) is 5.56 Å². The second-order valence-corrected chi connectivity index (χ2v) is 2.17. The van der Waals surface area contributed by atoms with Gasteiger partial charge in [-0.3, -0.25) is 0 Å². The van der Waals surface area contributed by atoms with Crippen molar-refractivity contribution in [3.8, 4) is 11.5 Å². The van der Waals surface area contributed by atoms with E-state index in [0.29, 0.717) is 6.07 Å². The summed E-state index contributed by atoms with van der Waals surface area (Å²) in [5.41, 5.74) is -0.163. The Hall–Kier alpha value is -1.32. The lowest BCUT2D eigenvalue weighted by atomic mass is 10.2. The molecule has 1 aromatic rings. The molecule has 0 saturated carbocycles. The predicted molar refractivity (Wildman–Crippen MR) is 34.4 cm³/mol. The average Bonchev–Trinajstić information content (AvgIpc) is 1.97. The van der Waals surface area contributed by atoms with E-state index in [9.17, 15) is 8.78 Å². The van der Waals surface area contributed by atoms with Gasteiger partial charge in [-0.2, -0.15) is 0 Å². The van der Waals surface area contributed by atoms with Crippen molar-refractivity contribution in [3.63, 3.8) is 0 Å². The van der Waals surface area contributed by atoms with Crippen molar-refractivity contribution in [1.82, 2.24) is 0 Å². The second-order valence-electron chi connectivity index (χ2n) is 2.17. The van der Waals surface area contributed by atoms with Gasteiger partial charge in [-0.25, -0.2) is 8.78 Å². The van der Waals surface area contributed by atoms with E-state index in [1.807, 2.05) is 0 Å². The van der Waals surface area contributed by atoms with Crippen LogP contribution in [0.25, 0.3) is 0 Å². The molecular weight excluding hydrogens is 154 g/mol. The fraction of sp³-hybridized carbons (Fsp3) is 0.143. The third kappa shape index (κ3) is 1.11. The van der Waals surface area contributed by atoms with E-state index in [-0.39, 0.29) is 5.56 Å². The molecule has 0 unspecified atom stereocenters. The predicted octanol–water partition coefficient (Wildman–Crippen LogP) is 1.68. The van der Waals surface area contributed by atoms with Gasteiger partial charge >= 0.3 is 0 Å². The highest BCUT2D eigenvalue weighted by Crippen LogP contribution is 2.29. The molecule has 0 radical (unpaired) electrons. The van der Waals surface area contributed by atoms with Gasteiger partial charge in [-0.15, -0.1) is 0 Å². The summed E-state index contributed by atoms with van der Waals surface area (Å²) >= 11 is 0. The Bertz CT molecular complexity index is 271. The molecule has 0 aliphatic carbocycles. The van der Waals surface area contributed by atoms with E-state index in [1.165, 1.54) is 6.92 Å². The zero-order chi connectivity index (χ0) is 8.59. The van der Waals surface area contributed by atoms with Crippen LogP contribution in [0.2, 0.25) is 0 Å². The van der Waals surface area contributed by atoms with Gasteiger partial charge in [0.05, 0.1) is 0 Å². The first-order valence-corrected chi connectivity index (χ1v) is 2.90. The standard InChI is InChI=1S/C7H6F2O2/c1-3-5(10)2-4(8)7(11)6(3)9/h2,10-11H,1H3. The van der Waals surface area contributed by atoms with Crippen LogP contribution in [-0.2, 0) is 0 Å². The van der Waals surface area contributed by atoms with Gasteiger partial charge in [-0.1, -0.05) is 0 Å². The molecule has 60 valence electrons. The third-order valence-corrected chi connectivity index (χ3v) is 1.41. The van der Waals surface area contributed by atoms with Gasteiger partial charge in [0.15, 0.2) is 17.4 Å². The number of halogens is 2. The van der Waals surface area contributed by atoms with Crippen molar-refractivity contribution < 1.29 is 19.0 Å².